The Hall–Kier alpha value is -1.68. The number of ether oxygens (including phenoxy) is 1. The first-order valence-corrected chi connectivity index (χ1v) is 6.11. The van der Waals surface area contributed by atoms with Crippen LogP contribution in [0.25, 0.3) is 5.69 Å². The molecule has 0 spiro atoms. The van der Waals surface area contributed by atoms with E-state index in [2.05, 4.69) is 5.10 Å². The first-order valence-electron chi connectivity index (χ1n) is 5.73. The molecule has 2 aromatic rings. The van der Waals surface area contributed by atoms with Gasteiger partial charge in [-0.3, -0.25) is 0 Å². The van der Waals surface area contributed by atoms with Gasteiger partial charge >= 0.3 is 0 Å². The second-order valence-corrected chi connectivity index (χ2v) is 4.70. The molecule has 0 aliphatic heterocycles. The van der Waals surface area contributed by atoms with Gasteiger partial charge in [-0.15, -0.1) is 0 Å². The summed E-state index contributed by atoms with van der Waals surface area (Å²) in [4.78, 5) is 0. The van der Waals surface area contributed by atoms with Crippen LogP contribution in [0.3, 0.4) is 0 Å². The van der Waals surface area contributed by atoms with Crippen molar-refractivity contribution in [2.24, 2.45) is 0 Å². The number of aromatic nitrogens is 2. The largest absolute Gasteiger partial charge is 0.494 e. The molecule has 96 valence electrons. The van der Waals surface area contributed by atoms with Gasteiger partial charge in [0.05, 0.1) is 12.8 Å². The number of benzene rings is 1. The molecule has 2 rings (SSSR count). The maximum absolute atomic E-state index is 6.21. The van der Waals surface area contributed by atoms with E-state index in [0.717, 1.165) is 11.4 Å². The van der Waals surface area contributed by atoms with E-state index < -0.39 is 0 Å². The fourth-order valence-corrected chi connectivity index (χ4v) is 2.12. The minimum absolute atomic E-state index is 0.218. The van der Waals surface area contributed by atoms with Crippen molar-refractivity contribution in [3.63, 3.8) is 0 Å². The lowest BCUT2D eigenvalue weighted by atomic mass is 10.1. The molecule has 0 unspecified atom stereocenters. The monoisotopic (exact) mass is 265 g/mol. The second kappa shape index (κ2) is 4.90. The molecule has 0 saturated heterocycles. The Bertz CT molecular complexity index is 563. The molecule has 0 atom stereocenters. The minimum atomic E-state index is 0.218. The molecule has 0 aliphatic rings. The summed E-state index contributed by atoms with van der Waals surface area (Å²) in [7, 11) is 1.61. The number of nitrogens with two attached hydrogens (primary N) is 1. The third kappa shape index (κ3) is 2.04. The molecule has 0 fully saturated rings. The molecule has 1 aromatic carbocycles. The number of para-hydroxylation sites is 2. The van der Waals surface area contributed by atoms with Gasteiger partial charge < -0.3 is 10.5 Å². The lowest BCUT2D eigenvalue weighted by molar-refractivity contribution is 0.412. The van der Waals surface area contributed by atoms with Gasteiger partial charge in [0, 0.05) is 0 Å². The van der Waals surface area contributed by atoms with E-state index in [0.29, 0.717) is 16.6 Å². The molecule has 1 heterocycles. The number of anilines is 1. The molecule has 0 amide bonds. The van der Waals surface area contributed by atoms with Crippen LogP contribution in [0.2, 0.25) is 5.02 Å². The van der Waals surface area contributed by atoms with Crippen molar-refractivity contribution < 1.29 is 4.74 Å². The van der Waals surface area contributed by atoms with Crippen LogP contribution in [-0.4, -0.2) is 16.9 Å². The van der Waals surface area contributed by atoms with Crippen LogP contribution < -0.4 is 10.5 Å². The van der Waals surface area contributed by atoms with E-state index in [-0.39, 0.29) is 5.92 Å². The van der Waals surface area contributed by atoms with E-state index in [1.165, 1.54) is 0 Å². The fraction of sp³-hybridized carbons (Fsp3) is 0.308. The number of hydrogen-bond donors (Lipinski definition) is 1. The van der Waals surface area contributed by atoms with Gasteiger partial charge in [0.15, 0.2) is 0 Å². The van der Waals surface area contributed by atoms with Crippen molar-refractivity contribution in [1.82, 2.24) is 9.78 Å². The van der Waals surface area contributed by atoms with Crippen molar-refractivity contribution in [1.29, 1.82) is 0 Å². The maximum Gasteiger partial charge on any atom is 0.146 e. The molecule has 0 radical (unpaired) electrons. The number of halogens is 1. The number of hydrogen-bond acceptors (Lipinski definition) is 3. The fourth-order valence-electron chi connectivity index (χ4n) is 1.79. The normalized spacial score (nSPS) is 10.9. The third-order valence-electron chi connectivity index (χ3n) is 2.75. The summed E-state index contributed by atoms with van der Waals surface area (Å²) in [6.45, 7) is 4.06. The number of nitrogen functional groups attached to an aromatic ring is 1. The van der Waals surface area contributed by atoms with Crippen LogP contribution in [0.4, 0.5) is 5.82 Å². The Kier molecular flexibility index (Phi) is 3.48. The molecule has 18 heavy (non-hydrogen) atoms. The number of rotatable bonds is 3. The van der Waals surface area contributed by atoms with Gasteiger partial charge in [-0.2, -0.15) is 5.10 Å². The first kappa shape index (κ1) is 12.8. The zero-order valence-electron chi connectivity index (χ0n) is 10.6. The highest BCUT2D eigenvalue weighted by Gasteiger charge is 2.18. The smallest absolute Gasteiger partial charge is 0.146 e. The summed E-state index contributed by atoms with van der Waals surface area (Å²) in [5, 5.41) is 4.98. The predicted octanol–water partition coefficient (Wildman–Crippen LogP) is 3.24. The summed E-state index contributed by atoms with van der Waals surface area (Å²) in [5.74, 6) is 1.36. The topological polar surface area (TPSA) is 53.1 Å². The van der Waals surface area contributed by atoms with Gasteiger partial charge in [0.25, 0.3) is 0 Å². The van der Waals surface area contributed by atoms with Crippen molar-refractivity contribution in [2.45, 2.75) is 19.8 Å². The number of methoxy groups -OCH3 is 1. The van der Waals surface area contributed by atoms with E-state index >= 15 is 0 Å². The summed E-state index contributed by atoms with van der Waals surface area (Å²) < 4.78 is 6.93. The van der Waals surface area contributed by atoms with Crippen molar-refractivity contribution in [3.05, 3.63) is 35.0 Å². The highest BCUT2D eigenvalue weighted by molar-refractivity contribution is 6.33. The summed E-state index contributed by atoms with van der Waals surface area (Å²) in [5.41, 5.74) is 7.59. The summed E-state index contributed by atoms with van der Waals surface area (Å²) in [6, 6.07) is 7.55. The first-order chi connectivity index (χ1) is 8.56. The molecule has 0 saturated carbocycles. The van der Waals surface area contributed by atoms with Crippen LogP contribution in [0.5, 0.6) is 5.75 Å². The minimum Gasteiger partial charge on any atom is -0.494 e. The standard InChI is InChI=1S/C13H16ClN3O/c1-8(2)12-11(14)13(15)17(16-12)9-6-4-5-7-10(9)18-3/h4-8H,15H2,1-3H3. The Morgan fingerprint density at radius 1 is 1.33 bits per heavy atom. The van der Waals surface area contributed by atoms with E-state index in [1.54, 1.807) is 11.8 Å². The van der Waals surface area contributed by atoms with Gasteiger partial charge in [-0.05, 0) is 18.1 Å². The SMILES string of the molecule is COc1ccccc1-n1nc(C(C)C)c(Cl)c1N. The van der Waals surface area contributed by atoms with Crippen LogP contribution in [-0.2, 0) is 0 Å². The van der Waals surface area contributed by atoms with Crippen molar-refractivity contribution in [2.75, 3.05) is 12.8 Å². The quantitative estimate of drug-likeness (QED) is 0.927. The average Bonchev–Trinajstić information content (AvgIpc) is 2.66. The zero-order chi connectivity index (χ0) is 13.3. The lowest BCUT2D eigenvalue weighted by Gasteiger charge is -2.09. The highest BCUT2D eigenvalue weighted by atomic mass is 35.5. The second-order valence-electron chi connectivity index (χ2n) is 4.32. The Morgan fingerprint density at radius 2 is 2.00 bits per heavy atom. The van der Waals surface area contributed by atoms with Crippen LogP contribution >= 0.6 is 11.6 Å². The summed E-state index contributed by atoms with van der Waals surface area (Å²) >= 11 is 6.21. The van der Waals surface area contributed by atoms with Gasteiger partial charge in [-0.25, -0.2) is 4.68 Å². The molecule has 5 heteroatoms. The summed E-state index contributed by atoms with van der Waals surface area (Å²) in [6.07, 6.45) is 0. The molecule has 0 aliphatic carbocycles. The number of nitrogens with zero attached hydrogens (tertiary/aromatic N) is 2. The molecule has 4 nitrogen and oxygen atoms in total. The highest BCUT2D eigenvalue weighted by Crippen LogP contribution is 2.33. The average molecular weight is 266 g/mol. The molecular formula is C13H16ClN3O. The van der Waals surface area contributed by atoms with E-state index in [4.69, 9.17) is 22.1 Å². The Balaban J connectivity index is 2.61. The molecule has 1 aromatic heterocycles. The van der Waals surface area contributed by atoms with Gasteiger partial charge in [0.1, 0.15) is 22.3 Å². The molecule has 2 N–H and O–H groups in total. The third-order valence-corrected chi connectivity index (χ3v) is 3.13. The van der Waals surface area contributed by atoms with E-state index in [1.807, 2.05) is 38.1 Å². The van der Waals surface area contributed by atoms with Gasteiger partial charge in [-0.1, -0.05) is 37.6 Å². The maximum atomic E-state index is 6.21. The Morgan fingerprint density at radius 3 is 2.56 bits per heavy atom. The van der Waals surface area contributed by atoms with Crippen LogP contribution in [0, 0.1) is 0 Å². The van der Waals surface area contributed by atoms with Crippen LogP contribution in [0.15, 0.2) is 24.3 Å². The van der Waals surface area contributed by atoms with Crippen molar-refractivity contribution in [3.8, 4) is 11.4 Å². The molecular weight excluding hydrogens is 250 g/mol. The predicted molar refractivity (Wildman–Crippen MR) is 73.6 cm³/mol. The Labute approximate surface area is 111 Å². The van der Waals surface area contributed by atoms with E-state index in [9.17, 15) is 0 Å². The zero-order valence-corrected chi connectivity index (χ0v) is 11.4. The lowest BCUT2D eigenvalue weighted by Crippen LogP contribution is -2.04. The van der Waals surface area contributed by atoms with Crippen LogP contribution in [0.1, 0.15) is 25.5 Å². The molecule has 0 bridgehead atoms. The van der Waals surface area contributed by atoms with Gasteiger partial charge in [0.2, 0.25) is 0 Å². The van der Waals surface area contributed by atoms with Crippen molar-refractivity contribution >= 4 is 17.4 Å².